The van der Waals surface area contributed by atoms with Gasteiger partial charge in [-0.3, -0.25) is 0 Å². The molecule has 1 heterocycles. The molecular weight excluding hydrogens is 254 g/mol. The molecule has 4 nitrogen and oxygen atoms in total. The van der Waals surface area contributed by atoms with Crippen molar-refractivity contribution in [2.24, 2.45) is 5.41 Å². The van der Waals surface area contributed by atoms with E-state index in [-0.39, 0.29) is 17.6 Å². The van der Waals surface area contributed by atoms with E-state index < -0.39 is 5.60 Å². The van der Waals surface area contributed by atoms with E-state index in [1.54, 1.807) is 0 Å². The maximum Gasteiger partial charge on any atom is 0.408 e. The van der Waals surface area contributed by atoms with Crippen molar-refractivity contribution in [3.8, 4) is 0 Å². The minimum atomic E-state index is -0.483. The number of hydrogen-bond donors (Lipinski definition) is 1. The zero-order valence-corrected chi connectivity index (χ0v) is 13.3. The van der Waals surface area contributed by atoms with E-state index in [0.29, 0.717) is 0 Å². The number of ether oxygens (including phenoxy) is 1. The molecule has 20 heavy (non-hydrogen) atoms. The Balaban J connectivity index is 2.17. The molecule has 1 amide bonds. The summed E-state index contributed by atoms with van der Waals surface area (Å²) in [6.45, 7) is 11.9. The van der Waals surface area contributed by atoms with Gasteiger partial charge < -0.3 is 14.5 Å². The smallest absolute Gasteiger partial charge is 0.408 e. The van der Waals surface area contributed by atoms with Gasteiger partial charge in [-0.1, -0.05) is 13.8 Å². The molecule has 1 atom stereocenters. The molecule has 1 aliphatic rings. The second kappa shape index (κ2) is 4.83. The van der Waals surface area contributed by atoms with Gasteiger partial charge in [0.15, 0.2) is 0 Å². The van der Waals surface area contributed by atoms with Gasteiger partial charge in [0.2, 0.25) is 0 Å². The quantitative estimate of drug-likeness (QED) is 0.841. The first kappa shape index (κ1) is 14.9. The Morgan fingerprint density at radius 2 is 2.10 bits per heavy atom. The van der Waals surface area contributed by atoms with Crippen molar-refractivity contribution in [2.75, 3.05) is 0 Å². The predicted octanol–water partition coefficient (Wildman–Crippen LogP) is 4.13. The molecule has 4 heteroatoms. The largest absolute Gasteiger partial charge is 0.466 e. The first-order chi connectivity index (χ1) is 9.06. The van der Waals surface area contributed by atoms with E-state index in [4.69, 9.17) is 9.15 Å². The number of rotatable bonds is 1. The second-order valence-corrected chi connectivity index (χ2v) is 7.48. The highest BCUT2D eigenvalue weighted by molar-refractivity contribution is 5.68. The van der Waals surface area contributed by atoms with Gasteiger partial charge in [-0.25, -0.2) is 4.79 Å². The van der Waals surface area contributed by atoms with Gasteiger partial charge in [0.1, 0.15) is 17.1 Å². The van der Waals surface area contributed by atoms with Gasteiger partial charge in [-0.2, -0.15) is 0 Å². The first-order valence-corrected chi connectivity index (χ1v) is 7.14. The maximum absolute atomic E-state index is 12.0. The van der Waals surface area contributed by atoms with Gasteiger partial charge in [0, 0.05) is 12.0 Å². The molecule has 1 N–H and O–H groups in total. The predicted molar refractivity (Wildman–Crippen MR) is 77.7 cm³/mol. The molecule has 0 saturated heterocycles. The Kier molecular flexibility index (Phi) is 3.61. The van der Waals surface area contributed by atoms with E-state index in [1.165, 1.54) is 0 Å². The lowest BCUT2D eigenvalue weighted by atomic mass is 9.75. The third kappa shape index (κ3) is 3.56. The molecule has 1 aromatic heterocycles. The number of aryl methyl sites for hydroxylation is 1. The fraction of sp³-hybridized carbons (Fsp3) is 0.688. The van der Waals surface area contributed by atoms with Crippen molar-refractivity contribution >= 4 is 6.09 Å². The summed E-state index contributed by atoms with van der Waals surface area (Å²) in [5.41, 5.74) is 0.716. The summed E-state index contributed by atoms with van der Waals surface area (Å²) in [6, 6.07) is 1.98. The topological polar surface area (TPSA) is 51.5 Å². The zero-order chi connectivity index (χ0) is 15.1. The van der Waals surface area contributed by atoms with Crippen LogP contribution in [0.3, 0.4) is 0 Å². The van der Waals surface area contributed by atoms with Crippen LogP contribution in [0.4, 0.5) is 4.79 Å². The van der Waals surface area contributed by atoms with Gasteiger partial charge in [0.05, 0.1) is 6.04 Å². The third-order valence-electron chi connectivity index (χ3n) is 3.43. The van der Waals surface area contributed by atoms with Crippen LogP contribution in [0.2, 0.25) is 0 Å². The number of carbonyl (C=O) groups excluding carboxylic acids is 1. The minimum absolute atomic E-state index is 0.0407. The lowest BCUT2D eigenvalue weighted by Crippen LogP contribution is -2.39. The summed E-state index contributed by atoms with van der Waals surface area (Å²) in [7, 11) is 0. The fourth-order valence-corrected chi connectivity index (χ4v) is 2.76. The Labute approximate surface area is 120 Å². The Morgan fingerprint density at radius 3 is 2.70 bits per heavy atom. The maximum atomic E-state index is 12.0. The molecule has 0 fully saturated rings. The highest BCUT2D eigenvalue weighted by Crippen LogP contribution is 2.42. The molecule has 0 bridgehead atoms. The number of alkyl carbamates (subject to hydrolysis) is 1. The van der Waals surface area contributed by atoms with Crippen LogP contribution < -0.4 is 5.32 Å². The Morgan fingerprint density at radius 1 is 1.45 bits per heavy atom. The zero-order valence-electron chi connectivity index (χ0n) is 13.3. The molecule has 0 aromatic carbocycles. The van der Waals surface area contributed by atoms with Crippen LogP contribution in [-0.4, -0.2) is 11.7 Å². The van der Waals surface area contributed by atoms with Gasteiger partial charge in [-0.15, -0.1) is 0 Å². The summed E-state index contributed by atoms with van der Waals surface area (Å²) >= 11 is 0. The van der Waals surface area contributed by atoms with Gasteiger partial charge >= 0.3 is 6.09 Å². The van der Waals surface area contributed by atoms with E-state index in [0.717, 1.165) is 29.9 Å². The number of furan rings is 1. The number of amides is 1. The van der Waals surface area contributed by atoms with Crippen molar-refractivity contribution in [1.82, 2.24) is 5.32 Å². The number of carbonyl (C=O) groups is 1. The Hall–Kier alpha value is -1.45. The van der Waals surface area contributed by atoms with Crippen molar-refractivity contribution in [2.45, 2.75) is 66.0 Å². The van der Waals surface area contributed by atoms with Crippen molar-refractivity contribution in [1.29, 1.82) is 0 Å². The molecule has 0 saturated carbocycles. The van der Waals surface area contributed by atoms with Gasteiger partial charge in [0.25, 0.3) is 0 Å². The summed E-state index contributed by atoms with van der Waals surface area (Å²) in [4.78, 5) is 12.0. The normalized spacial score (nSPS) is 21.2. The van der Waals surface area contributed by atoms with Crippen LogP contribution in [-0.2, 0) is 11.2 Å². The van der Waals surface area contributed by atoms with Crippen molar-refractivity contribution in [3.63, 3.8) is 0 Å². The lowest BCUT2D eigenvalue weighted by molar-refractivity contribution is 0.0483. The number of nitrogens with one attached hydrogen (secondary N) is 1. The van der Waals surface area contributed by atoms with Gasteiger partial charge in [-0.05, 0) is 45.6 Å². The van der Waals surface area contributed by atoms with Crippen LogP contribution >= 0.6 is 0 Å². The SMILES string of the molecule is Cc1cc2c(o1)CC(C)(C)CC2NC(=O)OC(C)(C)C. The molecule has 0 aliphatic heterocycles. The number of hydrogen-bond acceptors (Lipinski definition) is 3. The summed E-state index contributed by atoms with van der Waals surface area (Å²) in [5, 5.41) is 2.98. The van der Waals surface area contributed by atoms with Crippen LogP contribution in [0.15, 0.2) is 10.5 Å². The van der Waals surface area contributed by atoms with E-state index >= 15 is 0 Å². The highest BCUT2D eigenvalue weighted by Gasteiger charge is 2.36. The molecule has 0 radical (unpaired) electrons. The molecule has 1 aromatic rings. The first-order valence-electron chi connectivity index (χ1n) is 7.14. The van der Waals surface area contributed by atoms with Crippen LogP contribution in [0.25, 0.3) is 0 Å². The monoisotopic (exact) mass is 279 g/mol. The average Bonchev–Trinajstić information content (AvgIpc) is 2.53. The summed E-state index contributed by atoms with van der Waals surface area (Å²) in [5.74, 6) is 1.88. The standard InChI is InChI=1S/C16H25NO3/c1-10-7-11-12(17-14(18)20-15(2,3)4)8-16(5,6)9-13(11)19-10/h7,12H,8-9H2,1-6H3,(H,17,18). The number of fused-ring (bicyclic) bond motifs is 1. The third-order valence-corrected chi connectivity index (χ3v) is 3.43. The summed E-state index contributed by atoms with van der Waals surface area (Å²) in [6.07, 6.45) is 1.42. The molecule has 0 spiro atoms. The summed E-state index contributed by atoms with van der Waals surface area (Å²) < 4.78 is 11.1. The van der Waals surface area contributed by atoms with Crippen LogP contribution in [0.5, 0.6) is 0 Å². The Bertz CT molecular complexity index is 508. The minimum Gasteiger partial charge on any atom is -0.466 e. The average molecular weight is 279 g/mol. The van der Waals surface area contributed by atoms with Crippen LogP contribution in [0.1, 0.15) is 64.2 Å². The lowest BCUT2D eigenvalue weighted by Gasteiger charge is -2.35. The highest BCUT2D eigenvalue weighted by atomic mass is 16.6. The fourth-order valence-electron chi connectivity index (χ4n) is 2.76. The van der Waals surface area contributed by atoms with E-state index in [2.05, 4.69) is 19.2 Å². The van der Waals surface area contributed by atoms with E-state index in [1.807, 2.05) is 33.8 Å². The molecule has 2 rings (SSSR count). The second-order valence-electron chi connectivity index (χ2n) is 7.48. The van der Waals surface area contributed by atoms with Crippen molar-refractivity contribution < 1.29 is 13.9 Å². The van der Waals surface area contributed by atoms with Crippen LogP contribution in [0, 0.1) is 12.3 Å². The molecule has 112 valence electrons. The van der Waals surface area contributed by atoms with E-state index in [9.17, 15) is 4.79 Å². The molecular formula is C16H25NO3. The van der Waals surface area contributed by atoms with Crippen molar-refractivity contribution in [3.05, 3.63) is 23.2 Å². The molecule has 1 aliphatic carbocycles. The molecule has 1 unspecified atom stereocenters.